The van der Waals surface area contributed by atoms with Crippen LogP contribution in [0.15, 0.2) is 47.4 Å². The van der Waals surface area contributed by atoms with E-state index in [9.17, 15) is 8.42 Å². The third-order valence-electron chi connectivity index (χ3n) is 4.32. The van der Waals surface area contributed by atoms with E-state index in [4.69, 9.17) is 4.74 Å². The molecule has 0 unspecified atom stereocenters. The summed E-state index contributed by atoms with van der Waals surface area (Å²) in [4.78, 5) is 0.467. The molecule has 0 aliphatic carbocycles. The lowest BCUT2D eigenvalue weighted by Crippen LogP contribution is -2.29. The fourth-order valence-electron chi connectivity index (χ4n) is 3.09. The van der Waals surface area contributed by atoms with Crippen LogP contribution in [-0.4, -0.2) is 21.3 Å². The summed E-state index contributed by atoms with van der Waals surface area (Å²) >= 11 is 0. The van der Waals surface area contributed by atoms with Crippen molar-refractivity contribution in [3.63, 3.8) is 0 Å². The fourth-order valence-corrected chi connectivity index (χ4v) is 4.71. The predicted molar refractivity (Wildman–Crippen MR) is 90.4 cm³/mol. The number of aryl methyl sites for hydroxylation is 1. The topological polar surface area (TPSA) is 55.4 Å². The highest BCUT2D eigenvalue weighted by Crippen LogP contribution is 2.32. The molecule has 5 heteroatoms. The SMILES string of the molecule is COc1ccc(CN[C@H]2CCS(=O)(=O)c3ccccc32)cc1C. The van der Waals surface area contributed by atoms with Gasteiger partial charge in [0.2, 0.25) is 0 Å². The van der Waals surface area contributed by atoms with Gasteiger partial charge in [0, 0.05) is 12.6 Å². The molecule has 0 amide bonds. The quantitative estimate of drug-likeness (QED) is 0.936. The van der Waals surface area contributed by atoms with Gasteiger partial charge in [0.05, 0.1) is 17.8 Å². The van der Waals surface area contributed by atoms with Crippen LogP contribution in [0.2, 0.25) is 0 Å². The van der Waals surface area contributed by atoms with E-state index in [0.29, 0.717) is 17.9 Å². The average molecular weight is 331 g/mol. The summed E-state index contributed by atoms with van der Waals surface area (Å²) in [6.07, 6.45) is 0.606. The first-order chi connectivity index (χ1) is 11.0. The standard InChI is InChI=1S/C18H21NO3S/c1-13-11-14(7-8-17(13)22-2)12-19-16-9-10-23(20,21)18-6-4-3-5-15(16)18/h3-8,11,16,19H,9-10,12H2,1-2H3/t16-/m0/s1. The van der Waals surface area contributed by atoms with Crippen molar-refractivity contribution < 1.29 is 13.2 Å². The maximum atomic E-state index is 12.2. The van der Waals surface area contributed by atoms with Crippen molar-refractivity contribution in [2.24, 2.45) is 0 Å². The molecule has 1 aliphatic rings. The van der Waals surface area contributed by atoms with Crippen LogP contribution in [-0.2, 0) is 16.4 Å². The third-order valence-corrected chi connectivity index (χ3v) is 6.13. The summed E-state index contributed by atoms with van der Waals surface area (Å²) in [6.45, 7) is 2.72. The zero-order valence-corrected chi connectivity index (χ0v) is 14.2. The first kappa shape index (κ1) is 16.0. The van der Waals surface area contributed by atoms with Crippen molar-refractivity contribution >= 4 is 9.84 Å². The minimum absolute atomic E-state index is 0.0668. The van der Waals surface area contributed by atoms with Crippen molar-refractivity contribution in [3.8, 4) is 5.75 Å². The maximum Gasteiger partial charge on any atom is 0.178 e. The number of ether oxygens (including phenoxy) is 1. The summed E-state index contributed by atoms with van der Waals surface area (Å²) in [5.41, 5.74) is 3.14. The number of hydrogen-bond donors (Lipinski definition) is 1. The summed E-state index contributed by atoms with van der Waals surface area (Å²) in [6, 6.07) is 13.4. The second kappa shape index (κ2) is 6.34. The maximum absolute atomic E-state index is 12.2. The molecule has 122 valence electrons. The number of rotatable bonds is 4. The summed E-state index contributed by atoms with van der Waals surface area (Å²) < 4.78 is 29.6. The van der Waals surface area contributed by atoms with Crippen molar-refractivity contribution in [2.45, 2.75) is 30.8 Å². The van der Waals surface area contributed by atoms with Gasteiger partial charge in [-0.3, -0.25) is 0 Å². The van der Waals surface area contributed by atoms with E-state index in [1.165, 1.54) is 0 Å². The molecule has 1 heterocycles. The number of benzene rings is 2. The van der Waals surface area contributed by atoms with Crippen molar-refractivity contribution in [1.82, 2.24) is 5.32 Å². The molecule has 0 saturated carbocycles. The summed E-state index contributed by atoms with van der Waals surface area (Å²) in [7, 11) is -1.46. The highest BCUT2D eigenvalue weighted by Gasteiger charge is 2.29. The summed E-state index contributed by atoms with van der Waals surface area (Å²) in [5.74, 6) is 1.08. The van der Waals surface area contributed by atoms with Gasteiger partial charge in [-0.2, -0.15) is 0 Å². The molecular formula is C18H21NO3S. The Morgan fingerprint density at radius 1 is 1.22 bits per heavy atom. The van der Waals surface area contributed by atoms with Crippen LogP contribution >= 0.6 is 0 Å². The minimum Gasteiger partial charge on any atom is -0.496 e. The lowest BCUT2D eigenvalue weighted by atomic mass is 10.0. The van der Waals surface area contributed by atoms with Gasteiger partial charge in [-0.1, -0.05) is 30.3 Å². The van der Waals surface area contributed by atoms with Crippen molar-refractivity contribution in [3.05, 3.63) is 59.2 Å². The fraction of sp³-hybridized carbons (Fsp3) is 0.333. The van der Waals surface area contributed by atoms with E-state index in [-0.39, 0.29) is 11.8 Å². The minimum atomic E-state index is -3.13. The Labute approximate surface area is 137 Å². The van der Waals surface area contributed by atoms with Gasteiger partial charge >= 0.3 is 0 Å². The zero-order chi connectivity index (χ0) is 16.4. The van der Waals surface area contributed by atoms with E-state index in [2.05, 4.69) is 11.4 Å². The monoisotopic (exact) mass is 331 g/mol. The number of nitrogens with one attached hydrogen (secondary N) is 1. The highest BCUT2D eigenvalue weighted by molar-refractivity contribution is 7.91. The predicted octanol–water partition coefficient (Wildman–Crippen LogP) is 3.01. The molecule has 3 rings (SSSR count). The second-order valence-electron chi connectivity index (χ2n) is 5.88. The lowest BCUT2D eigenvalue weighted by molar-refractivity contribution is 0.411. The molecule has 0 spiro atoms. The molecule has 0 saturated heterocycles. The van der Waals surface area contributed by atoms with Crippen LogP contribution in [0.25, 0.3) is 0 Å². The van der Waals surface area contributed by atoms with Gasteiger partial charge in [-0.15, -0.1) is 0 Å². The Morgan fingerprint density at radius 3 is 2.74 bits per heavy atom. The number of fused-ring (bicyclic) bond motifs is 1. The van der Waals surface area contributed by atoms with Gasteiger partial charge in [-0.25, -0.2) is 8.42 Å². The molecule has 1 N–H and O–H groups in total. The van der Waals surface area contributed by atoms with Gasteiger partial charge < -0.3 is 10.1 Å². The Morgan fingerprint density at radius 2 is 2.00 bits per heavy atom. The smallest absolute Gasteiger partial charge is 0.178 e. The number of hydrogen-bond acceptors (Lipinski definition) is 4. The molecule has 0 fully saturated rings. The van der Waals surface area contributed by atoms with Crippen LogP contribution in [0.4, 0.5) is 0 Å². The van der Waals surface area contributed by atoms with Crippen molar-refractivity contribution in [2.75, 3.05) is 12.9 Å². The van der Waals surface area contributed by atoms with Gasteiger partial charge in [-0.05, 0) is 42.2 Å². The molecule has 1 atom stereocenters. The Kier molecular flexibility index (Phi) is 4.41. The lowest BCUT2D eigenvalue weighted by Gasteiger charge is -2.26. The van der Waals surface area contributed by atoms with E-state index in [1.807, 2.05) is 31.2 Å². The van der Waals surface area contributed by atoms with E-state index < -0.39 is 9.84 Å². The molecule has 4 nitrogen and oxygen atoms in total. The molecule has 2 aromatic rings. The summed E-state index contributed by atoms with van der Waals surface area (Å²) in [5, 5.41) is 3.49. The van der Waals surface area contributed by atoms with Crippen LogP contribution in [0, 0.1) is 6.92 Å². The molecule has 2 aromatic carbocycles. The van der Waals surface area contributed by atoms with Crippen LogP contribution in [0.3, 0.4) is 0 Å². The Bertz CT molecular complexity index is 815. The molecular weight excluding hydrogens is 310 g/mol. The first-order valence-electron chi connectivity index (χ1n) is 7.70. The molecule has 23 heavy (non-hydrogen) atoms. The number of methoxy groups -OCH3 is 1. The van der Waals surface area contributed by atoms with Gasteiger partial charge in [0.1, 0.15) is 5.75 Å². The average Bonchev–Trinajstić information content (AvgIpc) is 2.54. The molecule has 0 radical (unpaired) electrons. The largest absolute Gasteiger partial charge is 0.496 e. The van der Waals surface area contributed by atoms with Crippen molar-refractivity contribution in [1.29, 1.82) is 0 Å². The first-order valence-corrected chi connectivity index (χ1v) is 9.35. The second-order valence-corrected chi connectivity index (χ2v) is 7.96. The van der Waals surface area contributed by atoms with E-state index in [1.54, 1.807) is 19.2 Å². The van der Waals surface area contributed by atoms with Gasteiger partial charge in [0.15, 0.2) is 9.84 Å². The van der Waals surface area contributed by atoms with E-state index >= 15 is 0 Å². The van der Waals surface area contributed by atoms with Crippen LogP contribution in [0.5, 0.6) is 5.75 Å². The normalized spacial score (nSPS) is 19.1. The molecule has 0 bridgehead atoms. The number of sulfone groups is 1. The van der Waals surface area contributed by atoms with E-state index in [0.717, 1.165) is 22.4 Å². The van der Waals surface area contributed by atoms with Crippen LogP contribution in [0.1, 0.15) is 29.2 Å². The Balaban J connectivity index is 1.78. The molecule has 1 aliphatic heterocycles. The van der Waals surface area contributed by atoms with Crippen LogP contribution < -0.4 is 10.1 Å². The highest BCUT2D eigenvalue weighted by atomic mass is 32.2. The molecule has 0 aromatic heterocycles. The zero-order valence-electron chi connectivity index (χ0n) is 13.4. The third kappa shape index (κ3) is 3.26. The van der Waals surface area contributed by atoms with Gasteiger partial charge in [0.25, 0.3) is 0 Å². The Hall–Kier alpha value is -1.85.